The number of halogens is 1. The maximum atomic E-state index is 13.3. The summed E-state index contributed by atoms with van der Waals surface area (Å²) in [5, 5.41) is 0. The lowest BCUT2D eigenvalue weighted by Crippen LogP contribution is -2.33. The Hall–Kier alpha value is -0.980. The summed E-state index contributed by atoms with van der Waals surface area (Å²) in [7, 11) is -3.53. The predicted molar refractivity (Wildman–Crippen MR) is 66.9 cm³/mol. The van der Waals surface area contributed by atoms with Gasteiger partial charge in [0.15, 0.2) is 0 Å². The lowest BCUT2D eigenvalue weighted by atomic mass is 10.2. The van der Waals surface area contributed by atoms with E-state index in [2.05, 4.69) is 0 Å². The fraction of sp³-hybridized carbons (Fsp3) is 0.500. The third-order valence-corrected chi connectivity index (χ3v) is 5.35. The Kier molecular flexibility index (Phi) is 3.70. The zero-order valence-corrected chi connectivity index (χ0v) is 11.1. The van der Waals surface area contributed by atoms with Crippen LogP contribution in [0.4, 0.5) is 4.39 Å². The minimum Gasteiger partial charge on any atom is -0.326 e. The molecule has 6 heteroatoms. The zero-order chi connectivity index (χ0) is 13.3. The molecular weight excluding hydrogens is 255 g/mol. The minimum absolute atomic E-state index is 0.00128. The van der Waals surface area contributed by atoms with Gasteiger partial charge in [-0.2, -0.15) is 4.31 Å². The highest BCUT2D eigenvalue weighted by atomic mass is 32.2. The van der Waals surface area contributed by atoms with E-state index < -0.39 is 15.8 Å². The number of rotatable bonds is 3. The number of hydrogen-bond donors (Lipinski definition) is 1. The Labute approximate surface area is 107 Å². The lowest BCUT2D eigenvalue weighted by Gasteiger charge is -2.21. The van der Waals surface area contributed by atoms with Crippen molar-refractivity contribution in [3.05, 3.63) is 29.6 Å². The van der Waals surface area contributed by atoms with Gasteiger partial charge in [-0.15, -0.1) is 0 Å². The van der Waals surface area contributed by atoms with Gasteiger partial charge in [0.1, 0.15) is 5.82 Å². The highest BCUT2D eigenvalue weighted by molar-refractivity contribution is 7.89. The van der Waals surface area contributed by atoms with Crippen molar-refractivity contribution in [2.24, 2.45) is 5.73 Å². The summed E-state index contributed by atoms with van der Waals surface area (Å²) in [5.74, 6) is -0.467. The van der Waals surface area contributed by atoms with Crippen LogP contribution in [0.25, 0.3) is 0 Å². The van der Waals surface area contributed by atoms with E-state index in [1.165, 1.54) is 16.4 Å². The van der Waals surface area contributed by atoms with E-state index in [4.69, 9.17) is 5.73 Å². The molecule has 0 radical (unpaired) electrons. The Morgan fingerprint density at radius 2 is 2.22 bits per heavy atom. The van der Waals surface area contributed by atoms with Crippen LogP contribution in [0.1, 0.15) is 25.3 Å². The van der Waals surface area contributed by atoms with Crippen molar-refractivity contribution in [3.8, 4) is 0 Å². The van der Waals surface area contributed by atoms with Crippen molar-refractivity contribution >= 4 is 10.0 Å². The summed E-state index contributed by atoms with van der Waals surface area (Å²) in [5.41, 5.74) is 5.62. The summed E-state index contributed by atoms with van der Waals surface area (Å²) in [6.45, 7) is 2.40. The van der Waals surface area contributed by atoms with Crippen molar-refractivity contribution in [3.63, 3.8) is 0 Å². The maximum Gasteiger partial charge on any atom is 0.243 e. The third kappa shape index (κ3) is 2.28. The van der Waals surface area contributed by atoms with E-state index in [1.54, 1.807) is 0 Å². The monoisotopic (exact) mass is 272 g/mol. The van der Waals surface area contributed by atoms with Gasteiger partial charge < -0.3 is 5.73 Å². The fourth-order valence-electron chi connectivity index (χ4n) is 2.27. The summed E-state index contributed by atoms with van der Waals surface area (Å²) < 4.78 is 39.6. The normalized spacial score (nSPS) is 21.4. The number of hydrogen-bond acceptors (Lipinski definition) is 3. The van der Waals surface area contributed by atoms with E-state index in [0.29, 0.717) is 6.54 Å². The van der Waals surface area contributed by atoms with Crippen LogP contribution in [0.5, 0.6) is 0 Å². The molecule has 2 N–H and O–H groups in total. The first kappa shape index (κ1) is 13.5. The van der Waals surface area contributed by atoms with Crippen LogP contribution in [0, 0.1) is 5.82 Å². The van der Waals surface area contributed by atoms with Crippen LogP contribution in [-0.2, 0) is 16.6 Å². The second-order valence-electron chi connectivity index (χ2n) is 4.56. The molecule has 0 bridgehead atoms. The highest BCUT2D eigenvalue weighted by Gasteiger charge is 2.32. The molecule has 4 nitrogen and oxygen atoms in total. The molecule has 100 valence electrons. The number of nitrogens with two attached hydrogens (primary N) is 1. The SMILES string of the molecule is CC1CCCN1S(=O)(=O)c1ccc(F)c(CN)c1. The first-order valence-electron chi connectivity index (χ1n) is 5.97. The van der Waals surface area contributed by atoms with Crippen molar-refractivity contribution in [2.75, 3.05) is 6.54 Å². The van der Waals surface area contributed by atoms with Crippen LogP contribution in [0.15, 0.2) is 23.1 Å². The number of sulfonamides is 1. The van der Waals surface area contributed by atoms with Crippen LogP contribution in [0.3, 0.4) is 0 Å². The molecule has 0 amide bonds. The first-order valence-corrected chi connectivity index (χ1v) is 7.41. The van der Waals surface area contributed by atoms with Crippen LogP contribution >= 0.6 is 0 Å². The van der Waals surface area contributed by atoms with Crippen molar-refractivity contribution in [1.29, 1.82) is 0 Å². The third-order valence-electron chi connectivity index (χ3n) is 3.34. The molecule has 1 heterocycles. The van der Waals surface area contributed by atoms with E-state index in [1.807, 2.05) is 6.92 Å². The minimum atomic E-state index is -3.53. The lowest BCUT2D eigenvalue weighted by molar-refractivity contribution is 0.408. The summed E-state index contributed by atoms with van der Waals surface area (Å²) in [4.78, 5) is 0.123. The van der Waals surface area contributed by atoms with E-state index in [0.717, 1.165) is 18.9 Å². The molecule has 0 saturated carbocycles. The van der Waals surface area contributed by atoms with Gasteiger partial charge in [-0.3, -0.25) is 0 Å². The molecule has 1 saturated heterocycles. The van der Waals surface area contributed by atoms with E-state index in [9.17, 15) is 12.8 Å². The molecule has 0 aromatic heterocycles. The van der Waals surface area contributed by atoms with Gasteiger partial charge >= 0.3 is 0 Å². The Morgan fingerprint density at radius 3 is 2.78 bits per heavy atom. The van der Waals surface area contributed by atoms with Crippen molar-refractivity contribution in [1.82, 2.24) is 4.31 Å². The van der Waals surface area contributed by atoms with Crippen molar-refractivity contribution in [2.45, 2.75) is 37.2 Å². The first-order chi connectivity index (χ1) is 8.46. The smallest absolute Gasteiger partial charge is 0.243 e. The largest absolute Gasteiger partial charge is 0.326 e. The predicted octanol–water partition coefficient (Wildman–Crippen LogP) is 1.46. The van der Waals surface area contributed by atoms with Crippen molar-refractivity contribution < 1.29 is 12.8 Å². The molecule has 1 aliphatic rings. The second-order valence-corrected chi connectivity index (χ2v) is 6.45. The molecule has 1 aromatic rings. The topological polar surface area (TPSA) is 63.4 Å². The molecule has 0 spiro atoms. The number of benzene rings is 1. The van der Waals surface area contributed by atoms with E-state index >= 15 is 0 Å². The average molecular weight is 272 g/mol. The number of nitrogens with zero attached hydrogens (tertiary/aromatic N) is 1. The molecule has 1 aliphatic heterocycles. The Balaban J connectivity index is 2.41. The van der Waals surface area contributed by atoms with Crippen LogP contribution in [-0.4, -0.2) is 25.3 Å². The highest BCUT2D eigenvalue weighted by Crippen LogP contribution is 2.26. The van der Waals surface area contributed by atoms with Gasteiger partial charge in [-0.25, -0.2) is 12.8 Å². The second kappa shape index (κ2) is 4.95. The molecule has 1 atom stereocenters. The molecule has 1 aromatic carbocycles. The molecular formula is C12H17FN2O2S. The molecule has 1 unspecified atom stereocenters. The molecule has 1 fully saturated rings. The average Bonchev–Trinajstić information content (AvgIpc) is 2.76. The van der Waals surface area contributed by atoms with Gasteiger partial charge in [0.2, 0.25) is 10.0 Å². The quantitative estimate of drug-likeness (QED) is 0.906. The maximum absolute atomic E-state index is 13.3. The zero-order valence-electron chi connectivity index (χ0n) is 10.3. The van der Waals surface area contributed by atoms with Gasteiger partial charge in [0.05, 0.1) is 4.90 Å². The van der Waals surface area contributed by atoms with Gasteiger partial charge in [-0.1, -0.05) is 0 Å². The van der Waals surface area contributed by atoms with Gasteiger partial charge in [-0.05, 0) is 38.0 Å². The molecule has 2 rings (SSSR count). The molecule has 0 aliphatic carbocycles. The van der Waals surface area contributed by atoms with Crippen LogP contribution in [0.2, 0.25) is 0 Å². The molecule has 18 heavy (non-hydrogen) atoms. The Morgan fingerprint density at radius 1 is 1.50 bits per heavy atom. The van der Waals surface area contributed by atoms with E-state index in [-0.39, 0.29) is 23.0 Å². The van der Waals surface area contributed by atoms with Gasteiger partial charge in [0.25, 0.3) is 0 Å². The summed E-state index contributed by atoms with van der Waals surface area (Å²) >= 11 is 0. The summed E-state index contributed by atoms with van der Waals surface area (Å²) in [6, 6.07) is 3.79. The van der Waals surface area contributed by atoms with Crippen LogP contribution < -0.4 is 5.73 Å². The fourth-order valence-corrected chi connectivity index (χ4v) is 4.02. The van der Waals surface area contributed by atoms with Gasteiger partial charge in [0, 0.05) is 24.7 Å². The summed E-state index contributed by atoms with van der Waals surface area (Å²) in [6.07, 6.45) is 1.73. The Bertz CT molecular complexity index is 545. The standard InChI is InChI=1S/C12H17FN2O2S/c1-9-3-2-6-15(9)18(16,17)11-4-5-12(13)10(7-11)8-14/h4-5,7,9H,2-3,6,8,14H2,1H3.